The lowest BCUT2D eigenvalue weighted by Gasteiger charge is -2.31. The van der Waals surface area contributed by atoms with E-state index in [2.05, 4.69) is 55.6 Å². The molecule has 0 aliphatic carbocycles. The number of nitrogens with one attached hydrogen (secondary N) is 1. The molecule has 0 fully saturated rings. The molecule has 1 aromatic heterocycles. The summed E-state index contributed by atoms with van der Waals surface area (Å²) in [6.45, 7) is 10.9. The third-order valence-electron chi connectivity index (χ3n) is 6.05. The molecule has 2 aromatic carbocycles. The van der Waals surface area contributed by atoms with Crippen LogP contribution in [0.1, 0.15) is 37.6 Å². The van der Waals surface area contributed by atoms with Crippen molar-refractivity contribution in [2.24, 2.45) is 5.73 Å². The average molecular weight is 432 g/mol. The van der Waals surface area contributed by atoms with E-state index < -0.39 is 20.0 Å². The lowest BCUT2D eigenvalue weighted by molar-refractivity contribution is -0.119. The van der Waals surface area contributed by atoms with Crippen LogP contribution in [-0.2, 0) is 4.79 Å². The van der Waals surface area contributed by atoms with Crippen LogP contribution >= 0.6 is 0 Å². The summed E-state index contributed by atoms with van der Waals surface area (Å²) >= 11 is 0. The number of carbonyl (C=O) groups excluding carboxylic acids is 2. The van der Waals surface area contributed by atoms with Crippen LogP contribution < -0.4 is 11.1 Å². The van der Waals surface area contributed by atoms with Crippen LogP contribution in [0.4, 0.5) is 0 Å². The fourth-order valence-electron chi connectivity index (χ4n) is 3.10. The number of hydrogen-bond donors (Lipinski definition) is 2. The Balaban J connectivity index is 1.95. The molecule has 0 saturated heterocycles. The molecule has 0 unspecified atom stereocenters. The molecule has 1 atom stereocenters. The first-order valence-electron chi connectivity index (χ1n) is 10.4. The van der Waals surface area contributed by atoms with Gasteiger partial charge in [0.15, 0.2) is 0 Å². The van der Waals surface area contributed by atoms with Gasteiger partial charge in [0.25, 0.3) is 5.91 Å². The minimum absolute atomic E-state index is 0.111. The molecule has 0 radical (unpaired) electrons. The summed E-state index contributed by atoms with van der Waals surface area (Å²) in [4.78, 5) is 30.1. The number of aromatic nitrogens is 1. The summed E-state index contributed by atoms with van der Waals surface area (Å²) in [6.07, 6.45) is 0.189. The second kappa shape index (κ2) is 8.52. The van der Waals surface area contributed by atoms with Crippen molar-refractivity contribution < 1.29 is 9.59 Å². The van der Waals surface area contributed by atoms with Gasteiger partial charge in [0, 0.05) is 17.2 Å². The maximum Gasteiger partial charge on any atom is 0.253 e. The fourth-order valence-corrected chi connectivity index (χ4v) is 4.02. The highest BCUT2D eigenvalue weighted by atomic mass is 28.3. The van der Waals surface area contributed by atoms with Gasteiger partial charge in [0.05, 0.1) is 16.6 Å². The van der Waals surface area contributed by atoms with Crippen LogP contribution in [0.25, 0.3) is 21.8 Å². The molecule has 6 heteroatoms. The Morgan fingerprint density at radius 1 is 1.03 bits per heavy atom. The van der Waals surface area contributed by atoms with E-state index in [0.717, 1.165) is 21.8 Å². The number of amides is 2. The summed E-state index contributed by atoms with van der Waals surface area (Å²) in [5.74, 6) is 2.18. The molecule has 5 nitrogen and oxygen atoms in total. The van der Waals surface area contributed by atoms with E-state index in [4.69, 9.17) is 5.73 Å². The first kappa shape index (κ1) is 22.5. The molecule has 0 bridgehead atoms. The summed E-state index contributed by atoms with van der Waals surface area (Å²) in [6, 6.07) is 14.1. The number of benzene rings is 2. The second-order valence-corrected chi connectivity index (χ2v) is 14.3. The van der Waals surface area contributed by atoms with Crippen molar-refractivity contribution >= 4 is 41.7 Å². The third kappa shape index (κ3) is 4.78. The normalized spacial score (nSPS) is 12.8. The number of nitrogens with zero attached hydrogens (tertiary/aromatic N) is 1. The lowest BCUT2D eigenvalue weighted by atomic mass is 10.0. The van der Waals surface area contributed by atoms with E-state index >= 15 is 0 Å². The number of nitrogens with two attached hydrogens (primary N) is 1. The quantitative estimate of drug-likeness (QED) is 0.364. The Kier molecular flexibility index (Phi) is 6.19. The van der Waals surface area contributed by atoms with Crippen LogP contribution in [0.3, 0.4) is 0 Å². The summed E-state index contributed by atoms with van der Waals surface area (Å²) in [5, 5.41) is 4.39. The molecule has 3 aromatic rings. The molecular weight excluding hydrogens is 402 g/mol. The summed E-state index contributed by atoms with van der Waals surface area (Å²) in [5.41, 5.74) is 10.9. The van der Waals surface area contributed by atoms with Gasteiger partial charge in [-0.15, -0.1) is 11.5 Å². The van der Waals surface area contributed by atoms with Crippen LogP contribution in [0.15, 0.2) is 48.5 Å². The lowest BCUT2D eigenvalue weighted by Crippen LogP contribution is -2.44. The van der Waals surface area contributed by atoms with Crippen molar-refractivity contribution in [3.63, 3.8) is 0 Å². The fraction of sp³-hybridized carbons (Fsp3) is 0.320. The maximum absolute atomic E-state index is 13.3. The van der Waals surface area contributed by atoms with Crippen LogP contribution in [0.5, 0.6) is 0 Å². The van der Waals surface area contributed by atoms with Crippen LogP contribution in [0.2, 0.25) is 18.1 Å². The minimum Gasteiger partial charge on any atom is -0.368 e. The Hall–Kier alpha value is -3.17. The molecule has 0 aliphatic heterocycles. The predicted molar refractivity (Wildman–Crippen MR) is 129 cm³/mol. The molecule has 1 heterocycles. The van der Waals surface area contributed by atoms with E-state index in [1.807, 2.05) is 48.5 Å². The van der Waals surface area contributed by atoms with E-state index in [0.29, 0.717) is 5.56 Å². The highest BCUT2D eigenvalue weighted by Crippen LogP contribution is 2.35. The Morgan fingerprint density at radius 3 is 2.03 bits per heavy atom. The standard InChI is InChI=1S/C25H29N3O2Si/c1-25(2,3)31(4,5)16-10-15-21(23(26)29)28-24(30)22-17-11-6-8-13-19(17)27-20-14-9-7-12-18(20)22/h6-9,11-14,21H,15H2,1-5H3,(H2,26,29)(H,28,30)/t21-/m1/s1. The number of rotatable bonds is 4. The molecule has 160 valence electrons. The van der Waals surface area contributed by atoms with Crippen LogP contribution in [-0.4, -0.2) is 30.9 Å². The SMILES string of the molecule is CC(C)(C)[Si](C)(C)C#CC[C@@H](NC(=O)c1c2ccccc2nc2ccccc12)C(N)=O. The van der Waals surface area contributed by atoms with Gasteiger partial charge in [0.2, 0.25) is 5.91 Å². The van der Waals surface area contributed by atoms with Crippen molar-refractivity contribution in [2.75, 3.05) is 0 Å². The highest BCUT2D eigenvalue weighted by Gasteiger charge is 2.33. The summed E-state index contributed by atoms with van der Waals surface area (Å²) in [7, 11) is -1.82. The highest BCUT2D eigenvalue weighted by molar-refractivity contribution is 6.87. The van der Waals surface area contributed by atoms with Gasteiger partial charge in [-0.3, -0.25) is 9.59 Å². The number of carbonyl (C=O) groups is 2. The number of fused-ring (bicyclic) bond motifs is 2. The van der Waals surface area contributed by atoms with Crippen molar-refractivity contribution in [3.8, 4) is 11.5 Å². The molecule has 0 aliphatic rings. The number of hydrogen-bond acceptors (Lipinski definition) is 3. The molecule has 0 saturated carbocycles. The number of primary amides is 1. The second-order valence-electron chi connectivity index (χ2n) is 9.33. The number of para-hydroxylation sites is 2. The number of pyridine rings is 1. The first-order valence-corrected chi connectivity index (χ1v) is 13.4. The smallest absolute Gasteiger partial charge is 0.253 e. The average Bonchev–Trinajstić information content (AvgIpc) is 2.70. The van der Waals surface area contributed by atoms with Gasteiger partial charge < -0.3 is 11.1 Å². The molecule has 0 spiro atoms. The zero-order chi connectivity index (χ0) is 22.8. The van der Waals surface area contributed by atoms with E-state index in [1.54, 1.807) is 0 Å². The predicted octanol–water partition coefficient (Wildman–Crippen LogP) is 4.41. The molecular formula is C25H29N3O2Si. The van der Waals surface area contributed by atoms with Gasteiger partial charge in [0.1, 0.15) is 14.1 Å². The molecule has 3 rings (SSSR count). The minimum atomic E-state index is -1.82. The maximum atomic E-state index is 13.3. The van der Waals surface area contributed by atoms with Gasteiger partial charge >= 0.3 is 0 Å². The Labute approximate surface area is 184 Å². The van der Waals surface area contributed by atoms with Crippen molar-refractivity contribution in [2.45, 2.75) is 51.4 Å². The monoisotopic (exact) mass is 431 g/mol. The molecule has 3 N–H and O–H groups in total. The van der Waals surface area contributed by atoms with Crippen LogP contribution in [0, 0.1) is 11.5 Å². The zero-order valence-electron chi connectivity index (χ0n) is 18.7. The van der Waals surface area contributed by atoms with Gasteiger partial charge in [-0.1, -0.05) is 70.3 Å². The topological polar surface area (TPSA) is 85.1 Å². The third-order valence-corrected chi connectivity index (χ3v) is 10.6. The molecule has 31 heavy (non-hydrogen) atoms. The Morgan fingerprint density at radius 2 is 1.55 bits per heavy atom. The van der Waals surface area contributed by atoms with Crippen molar-refractivity contribution in [3.05, 3.63) is 54.1 Å². The largest absolute Gasteiger partial charge is 0.368 e. The van der Waals surface area contributed by atoms with Gasteiger partial charge in [-0.05, 0) is 17.2 Å². The van der Waals surface area contributed by atoms with Gasteiger partial charge in [-0.2, -0.15) is 0 Å². The Bertz CT molecular complexity index is 1160. The van der Waals surface area contributed by atoms with Gasteiger partial charge in [-0.25, -0.2) is 4.98 Å². The van der Waals surface area contributed by atoms with Crippen molar-refractivity contribution in [1.82, 2.24) is 10.3 Å². The van der Waals surface area contributed by atoms with E-state index in [-0.39, 0.29) is 17.4 Å². The van der Waals surface area contributed by atoms with Crippen molar-refractivity contribution in [1.29, 1.82) is 0 Å². The molecule has 2 amide bonds. The van der Waals surface area contributed by atoms with E-state index in [9.17, 15) is 9.59 Å². The summed E-state index contributed by atoms with van der Waals surface area (Å²) < 4.78 is 0. The van der Waals surface area contributed by atoms with E-state index in [1.165, 1.54) is 0 Å². The zero-order valence-corrected chi connectivity index (χ0v) is 19.7. The first-order chi connectivity index (χ1) is 14.5.